The van der Waals surface area contributed by atoms with Gasteiger partial charge in [-0.2, -0.15) is 0 Å². The SMILES string of the molecule is CCOC1(C(=O)C(C)C(=O)OC)CCCC1. The molecule has 0 spiro atoms. The molecule has 1 rings (SSSR count). The van der Waals surface area contributed by atoms with Crippen LogP contribution in [0.3, 0.4) is 0 Å². The molecule has 0 radical (unpaired) electrons. The molecule has 0 aliphatic heterocycles. The lowest BCUT2D eigenvalue weighted by atomic mass is 9.88. The van der Waals surface area contributed by atoms with Gasteiger partial charge >= 0.3 is 5.97 Å². The molecule has 0 N–H and O–H groups in total. The van der Waals surface area contributed by atoms with E-state index in [0.29, 0.717) is 6.61 Å². The van der Waals surface area contributed by atoms with Gasteiger partial charge in [-0.25, -0.2) is 0 Å². The van der Waals surface area contributed by atoms with Gasteiger partial charge in [0.1, 0.15) is 11.5 Å². The molecule has 1 unspecified atom stereocenters. The molecule has 1 atom stereocenters. The second kappa shape index (κ2) is 5.43. The predicted molar refractivity (Wildman–Crippen MR) is 59.0 cm³/mol. The summed E-state index contributed by atoms with van der Waals surface area (Å²) in [5.74, 6) is -1.33. The largest absolute Gasteiger partial charge is 0.468 e. The standard InChI is InChI=1S/C12H20O4/c1-4-16-12(7-5-6-8-12)10(13)9(2)11(14)15-3/h9H,4-8H2,1-3H3. The van der Waals surface area contributed by atoms with Crippen LogP contribution in [-0.4, -0.2) is 31.1 Å². The molecule has 0 bridgehead atoms. The molecule has 0 aromatic heterocycles. The fourth-order valence-electron chi connectivity index (χ4n) is 2.36. The van der Waals surface area contributed by atoms with Crippen molar-refractivity contribution in [1.29, 1.82) is 0 Å². The van der Waals surface area contributed by atoms with Crippen molar-refractivity contribution in [3.63, 3.8) is 0 Å². The maximum atomic E-state index is 12.2. The van der Waals surface area contributed by atoms with E-state index >= 15 is 0 Å². The van der Waals surface area contributed by atoms with E-state index in [-0.39, 0.29) is 5.78 Å². The average Bonchev–Trinajstić information content (AvgIpc) is 2.76. The van der Waals surface area contributed by atoms with Crippen LogP contribution in [0.4, 0.5) is 0 Å². The van der Waals surface area contributed by atoms with Crippen molar-refractivity contribution >= 4 is 11.8 Å². The molecule has 0 aromatic rings. The number of ether oxygens (including phenoxy) is 2. The molecule has 0 aromatic carbocycles. The van der Waals surface area contributed by atoms with Crippen molar-refractivity contribution in [3.05, 3.63) is 0 Å². The molecular formula is C12H20O4. The third kappa shape index (κ3) is 2.43. The number of carbonyl (C=O) groups is 2. The predicted octanol–water partition coefficient (Wildman–Crippen LogP) is 1.71. The van der Waals surface area contributed by atoms with Crippen LogP contribution in [0.2, 0.25) is 0 Å². The Morgan fingerprint density at radius 2 is 1.88 bits per heavy atom. The topological polar surface area (TPSA) is 52.6 Å². The number of carbonyl (C=O) groups excluding carboxylic acids is 2. The van der Waals surface area contributed by atoms with Crippen LogP contribution in [0.15, 0.2) is 0 Å². The zero-order valence-electron chi connectivity index (χ0n) is 10.2. The van der Waals surface area contributed by atoms with Gasteiger partial charge in [0.25, 0.3) is 0 Å². The zero-order chi connectivity index (χ0) is 12.2. The van der Waals surface area contributed by atoms with Crippen molar-refractivity contribution in [1.82, 2.24) is 0 Å². The number of esters is 1. The Kier molecular flexibility index (Phi) is 4.47. The molecule has 0 saturated heterocycles. The molecule has 0 amide bonds. The van der Waals surface area contributed by atoms with Gasteiger partial charge < -0.3 is 9.47 Å². The summed E-state index contributed by atoms with van der Waals surface area (Å²) in [7, 11) is 1.30. The van der Waals surface area contributed by atoms with Gasteiger partial charge in [0.05, 0.1) is 7.11 Å². The molecule has 0 heterocycles. The number of ketones is 1. The van der Waals surface area contributed by atoms with Crippen molar-refractivity contribution < 1.29 is 19.1 Å². The molecular weight excluding hydrogens is 208 g/mol. The minimum absolute atomic E-state index is 0.126. The Morgan fingerprint density at radius 3 is 2.31 bits per heavy atom. The number of methoxy groups -OCH3 is 1. The Balaban J connectivity index is 2.79. The van der Waals surface area contributed by atoms with Gasteiger partial charge in [0, 0.05) is 6.61 Å². The van der Waals surface area contributed by atoms with E-state index in [1.807, 2.05) is 6.92 Å². The van der Waals surface area contributed by atoms with Gasteiger partial charge in [-0.1, -0.05) is 0 Å². The Labute approximate surface area is 96.3 Å². The first-order valence-electron chi connectivity index (χ1n) is 5.83. The second-order valence-electron chi connectivity index (χ2n) is 4.24. The van der Waals surface area contributed by atoms with E-state index in [1.54, 1.807) is 6.92 Å². The molecule has 4 nitrogen and oxygen atoms in total. The highest BCUT2D eigenvalue weighted by molar-refractivity contribution is 6.03. The molecule has 1 aliphatic rings. The van der Waals surface area contributed by atoms with Gasteiger partial charge in [-0.15, -0.1) is 0 Å². The zero-order valence-corrected chi connectivity index (χ0v) is 10.2. The first-order valence-corrected chi connectivity index (χ1v) is 5.83. The summed E-state index contributed by atoms with van der Waals surface area (Å²) in [5, 5.41) is 0. The summed E-state index contributed by atoms with van der Waals surface area (Å²) in [5.41, 5.74) is -0.734. The van der Waals surface area contributed by atoms with E-state index in [4.69, 9.17) is 4.74 Å². The lowest BCUT2D eigenvalue weighted by molar-refractivity contribution is -0.158. The summed E-state index contributed by atoms with van der Waals surface area (Å²) in [6, 6.07) is 0. The smallest absolute Gasteiger partial charge is 0.316 e. The Hall–Kier alpha value is -0.900. The van der Waals surface area contributed by atoms with Crippen LogP contribution in [0.25, 0.3) is 0 Å². The van der Waals surface area contributed by atoms with Gasteiger partial charge in [0.2, 0.25) is 0 Å². The van der Waals surface area contributed by atoms with Crippen molar-refractivity contribution in [2.75, 3.05) is 13.7 Å². The summed E-state index contributed by atoms with van der Waals surface area (Å²) in [4.78, 5) is 23.6. The summed E-state index contributed by atoms with van der Waals surface area (Å²) < 4.78 is 10.2. The molecule has 1 aliphatic carbocycles. The molecule has 16 heavy (non-hydrogen) atoms. The van der Waals surface area contributed by atoms with Crippen LogP contribution in [0.1, 0.15) is 39.5 Å². The van der Waals surface area contributed by atoms with Crippen molar-refractivity contribution in [2.24, 2.45) is 5.92 Å². The third-order valence-electron chi connectivity index (χ3n) is 3.23. The summed E-state index contributed by atoms with van der Waals surface area (Å²) in [6.45, 7) is 3.96. The van der Waals surface area contributed by atoms with E-state index in [9.17, 15) is 9.59 Å². The number of hydrogen-bond acceptors (Lipinski definition) is 4. The van der Waals surface area contributed by atoms with Crippen LogP contribution >= 0.6 is 0 Å². The highest BCUT2D eigenvalue weighted by atomic mass is 16.5. The van der Waals surface area contributed by atoms with E-state index in [0.717, 1.165) is 25.7 Å². The van der Waals surface area contributed by atoms with E-state index in [1.165, 1.54) is 7.11 Å². The first kappa shape index (κ1) is 13.2. The maximum absolute atomic E-state index is 12.2. The summed E-state index contributed by atoms with van der Waals surface area (Å²) in [6.07, 6.45) is 3.42. The summed E-state index contributed by atoms with van der Waals surface area (Å²) >= 11 is 0. The van der Waals surface area contributed by atoms with Crippen LogP contribution < -0.4 is 0 Å². The molecule has 1 saturated carbocycles. The number of Topliss-reactive ketones (excluding diaryl/α,β-unsaturated/α-hetero) is 1. The van der Waals surface area contributed by atoms with Crippen LogP contribution in [0.5, 0.6) is 0 Å². The van der Waals surface area contributed by atoms with Gasteiger partial charge in [0.15, 0.2) is 5.78 Å². The fraction of sp³-hybridized carbons (Fsp3) is 0.833. The third-order valence-corrected chi connectivity index (χ3v) is 3.23. The molecule has 1 fully saturated rings. The van der Waals surface area contributed by atoms with E-state index < -0.39 is 17.5 Å². The van der Waals surface area contributed by atoms with Gasteiger partial charge in [-0.3, -0.25) is 9.59 Å². The van der Waals surface area contributed by atoms with E-state index in [2.05, 4.69) is 4.74 Å². The average molecular weight is 228 g/mol. The number of rotatable bonds is 5. The quantitative estimate of drug-likeness (QED) is 0.531. The normalized spacial score (nSPS) is 20.4. The fourth-order valence-corrected chi connectivity index (χ4v) is 2.36. The second-order valence-corrected chi connectivity index (χ2v) is 4.24. The van der Waals surface area contributed by atoms with Gasteiger partial charge in [-0.05, 0) is 39.5 Å². The number of hydrogen-bond donors (Lipinski definition) is 0. The highest BCUT2D eigenvalue weighted by Crippen LogP contribution is 2.36. The molecule has 92 valence electrons. The van der Waals surface area contributed by atoms with Crippen LogP contribution in [0, 0.1) is 5.92 Å². The minimum atomic E-state index is -0.734. The maximum Gasteiger partial charge on any atom is 0.316 e. The van der Waals surface area contributed by atoms with Crippen LogP contribution in [-0.2, 0) is 19.1 Å². The lowest BCUT2D eigenvalue weighted by Gasteiger charge is -2.29. The Morgan fingerprint density at radius 1 is 1.31 bits per heavy atom. The first-order chi connectivity index (χ1) is 7.57. The minimum Gasteiger partial charge on any atom is -0.468 e. The monoisotopic (exact) mass is 228 g/mol. The lowest BCUT2D eigenvalue weighted by Crippen LogP contribution is -2.44. The molecule has 4 heteroatoms. The van der Waals surface area contributed by atoms with Crippen molar-refractivity contribution in [3.8, 4) is 0 Å². The highest BCUT2D eigenvalue weighted by Gasteiger charge is 2.45. The Bertz CT molecular complexity index is 266. The van der Waals surface area contributed by atoms with Crippen molar-refractivity contribution in [2.45, 2.75) is 45.1 Å².